The van der Waals surface area contributed by atoms with Gasteiger partial charge in [0.1, 0.15) is 11.5 Å². The van der Waals surface area contributed by atoms with Crippen molar-refractivity contribution in [2.45, 2.75) is 55.4 Å². The molecule has 39 heavy (non-hydrogen) atoms. The van der Waals surface area contributed by atoms with Gasteiger partial charge in [-0.25, -0.2) is 0 Å². The molecular weight excluding hydrogens is 510 g/mol. The molecule has 3 aromatic carbocycles. The van der Waals surface area contributed by atoms with Crippen LogP contribution in [-0.4, -0.2) is 37.5 Å². The largest absolute Gasteiger partial charge is 0.496 e. The van der Waals surface area contributed by atoms with Gasteiger partial charge in [-0.1, -0.05) is 56.1 Å². The number of benzene rings is 3. The van der Waals surface area contributed by atoms with E-state index in [9.17, 15) is 14.9 Å². The van der Waals surface area contributed by atoms with Gasteiger partial charge in [0.15, 0.2) is 0 Å². The van der Waals surface area contributed by atoms with Gasteiger partial charge in [0, 0.05) is 22.6 Å². The van der Waals surface area contributed by atoms with Crippen molar-refractivity contribution >= 4 is 35.0 Å². The summed E-state index contributed by atoms with van der Waals surface area (Å²) in [6.45, 7) is 3.16. The number of fused-ring (bicyclic) bond motifs is 3. The molecule has 0 N–H and O–H groups in total. The fourth-order valence-electron chi connectivity index (χ4n) is 5.33. The number of anilines is 2. The lowest BCUT2D eigenvalue weighted by Crippen LogP contribution is -2.33. The second-order valence-corrected chi connectivity index (χ2v) is 10.6. The van der Waals surface area contributed by atoms with Crippen LogP contribution in [0.3, 0.4) is 0 Å². The highest BCUT2D eigenvalue weighted by atomic mass is 32.2. The van der Waals surface area contributed by atoms with Gasteiger partial charge in [-0.05, 0) is 42.3 Å². The van der Waals surface area contributed by atoms with Crippen LogP contribution < -0.4 is 14.4 Å². The summed E-state index contributed by atoms with van der Waals surface area (Å²) in [5, 5.41) is 9.64. The van der Waals surface area contributed by atoms with E-state index in [2.05, 4.69) is 17.9 Å². The number of methoxy groups -OCH3 is 2. The predicted molar refractivity (Wildman–Crippen MR) is 151 cm³/mol. The zero-order valence-corrected chi connectivity index (χ0v) is 23.3. The first kappa shape index (κ1) is 26.6. The molecule has 0 saturated carbocycles. The summed E-state index contributed by atoms with van der Waals surface area (Å²) in [5.74, 6) is 0.350. The van der Waals surface area contributed by atoms with Crippen LogP contribution in [0.2, 0.25) is 0 Å². The lowest BCUT2D eigenvalue weighted by Gasteiger charge is -2.35. The first-order valence-corrected chi connectivity index (χ1v) is 14.0. The maximum atomic E-state index is 14.1. The number of nitriles is 1. The third-order valence-electron chi connectivity index (χ3n) is 7.29. The molecule has 2 amide bonds. The summed E-state index contributed by atoms with van der Waals surface area (Å²) < 4.78 is 11.3. The van der Waals surface area contributed by atoms with E-state index in [1.807, 2.05) is 42.5 Å². The third-order valence-corrected chi connectivity index (χ3v) is 8.57. The highest BCUT2D eigenvalue weighted by Gasteiger charge is 2.38. The van der Waals surface area contributed by atoms with E-state index in [4.69, 9.17) is 9.47 Å². The highest BCUT2D eigenvalue weighted by molar-refractivity contribution is 8.00. The van der Waals surface area contributed by atoms with Crippen molar-refractivity contribution in [2.75, 3.05) is 25.7 Å². The van der Waals surface area contributed by atoms with Gasteiger partial charge in [0.05, 0.1) is 55.1 Å². The van der Waals surface area contributed by atoms with Crippen LogP contribution >= 0.6 is 11.8 Å². The SMILES string of the molecule is CCCCCCN1c2ccc(OC)c(CC#N)c2Sc2c1ccc(OC)c2C(=O)N1Cc2ccccc2C1=O. The van der Waals surface area contributed by atoms with E-state index < -0.39 is 5.91 Å². The van der Waals surface area contributed by atoms with E-state index in [0.717, 1.165) is 64.5 Å². The van der Waals surface area contributed by atoms with Crippen molar-refractivity contribution in [3.63, 3.8) is 0 Å². The Kier molecular flexibility index (Phi) is 7.80. The zero-order valence-electron chi connectivity index (χ0n) is 22.5. The fraction of sp³-hybridized carbons (Fsp3) is 0.323. The van der Waals surface area contributed by atoms with Gasteiger partial charge >= 0.3 is 0 Å². The topological polar surface area (TPSA) is 82.9 Å². The first-order valence-electron chi connectivity index (χ1n) is 13.2. The summed E-state index contributed by atoms with van der Waals surface area (Å²) >= 11 is 1.44. The van der Waals surface area contributed by atoms with E-state index in [0.29, 0.717) is 22.6 Å². The van der Waals surface area contributed by atoms with Crippen LogP contribution in [0.5, 0.6) is 11.5 Å². The molecule has 0 aliphatic carbocycles. The average molecular weight is 542 g/mol. The smallest absolute Gasteiger partial charge is 0.266 e. The molecule has 0 aromatic heterocycles. The van der Waals surface area contributed by atoms with Gasteiger partial charge in [0.25, 0.3) is 11.8 Å². The molecule has 0 unspecified atom stereocenters. The first-order chi connectivity index (χ1) is 19.0. The summed E-state index contributed by atoms with van der Waals surface area (Å²) in [6, 6.07) is 17.3. The van der Waals surface area contributed by atoms with Gasteiger partial charge in [-0.2, -0.15) is 5.26 Å². The van der Waals surface area contributed by atoms with Crippen LogP contribution in [0.1, 0.15) is 64.4 Å². The Morgan fingerprint density at radius 1 is 0.974 bits per heavy atom. The number of hydrogen-bond acceptors (Lipinski definition) is 7. The molecule has 8 heteroatoms. The molecule has 0 fully saturated rings. The molecule has 0 spiro atoms. The number of imide groups is 1. The van der Waals surface area contributed by atoms with Crippen molar-refractivity contribution in [1.29, 1.82) is 5.26 Å². The standard InChI is InChI=1S/C31H31N3O4S/c1-4-5-6-9-18-33-23-12-14-25(37-2)22(16-17-32)28(23)39-29-24(33)13-15-26(38-3)27(29)31(36)34-19-20-10-7-8-11-21(20)30(34)35/h7-8,10-15H,4-6,9,16,18-19H2,1-3H3. The van der Waals surface area contributed by atoms with E-state index in [-0.39, 0.29) is 18.9 Å². The van der Waals surface area contributed by atoms with Gasteiger partial charge in [-0.3, -0.25) is 14.5 Å². The van der Waals surface area contributed by atoms with Crippen LogP contribution in [-0.2, 0) is 13.0 Å². The van der Waals surface area contributed by atoms with Crippen molar-refractivity contribution in [3.05, 3.63) is 70.8 Å². The lowest BCUT2D eigenvalue weighted by atomic mass is 10.1. The van der Waals surface area contributed by atoms with Gasteiger partial charge in [0.2, 0.25) is 0 Å². The molecule has 2 heterocycles. The quantitative estimate of drug-likeness (QED) is 0.219. The molecule has 0 atom stereocenters. The molecule has 3 aromatic rings. The second-order valence-electron chi connectivity index (χ2n) is 9.59. The molecule has 200 valence electrons. The lowest BCUT2D eigenvalue weighted by molar-refractivity contribution is 0.0627. The Hall–Kier alpha value is -3.96. The van der Waals surface area contributed by atoms with Crippen LogP contribution in [0.25, 0.3) is 0 Å². The van der Waals surface area contributed by atoms with Crippen LogP contribution in [0.4, 0.5) is 11.4 Å². The molecule has 5 rings (SSSR count). The summed E-state index contributed by atoms with van der Waals surface area (Å²) in [6.07, 6.45) is 4.52. The molecular formula is C31H31N3O4S. The van der Waals surface area contributed by atoms with E-state index >= 15 is 0 Å². The molecule has 0 saturated heterocycles. The van der Waals surface area contributed by atoms with Crippen molar-refractivity contribution in [3.8, 4) is 17.6 Å². The second kappa shape index (κ2) is 11.4. The molecule has 0 radical (unpaired) electrons. The van der Waals surface area contributed by atoms with Crippen molar-refractivity contribution < 1.29 is 19.1 Å². The number of hydrogen-bond donors (Lipinski definition) is 0. The normalized spacial score (nSPS) is 13.4. The minimum absolute atomic E-state index is 0.172. The highest BCUT2D eigenvalue weighted by Crippen LogP contribution is 2.54. The Morgan fingerprint density at radius 2 is 1.69 bits per heavy atom. The Bertz CT molecular complexity index is 1480. The number of nitrogens with zero attached hydrogens (tertiary/aromatic N) is 3. The monoisotopic (exact) mass is 541 g/mol. The van der Waals surface area contributed by atoms with Crippen LogP contribution in [0.15, 0.2) is 58.3 Å². The molecule has 2 aliphatic heterocycles. The maximum Gasteiger partial charge on any atom is 0.266 e. The van der Waals surface area contributed by atoms with Crippen LogP contribution in [0, 0.1) is 11.3 Å². The molecule has 2 aliphatic rings. The Morgan fingerprint density at radius 3 is 2.38 bits per heavy atom. The van der Waals surface area contributed by atoms with Crippen molar-refractivity contribution in [2.24, 2.45) is 0 Å². The fourth-order valence-corrected chi connectivity index (χ4v) is 6.68. The summed E-state index contributed by atoms with van der Waals surface area (Å²) in [5.41, 5.74) is 4.41. The zero-order chi connectivity index (χ0) is 27.5. The minimum Gasteiger partial charge on any atom is -0.496 e. The predicted octanol–water partition coefficient (Wildman–Crippen LogP) is 6.75. The van der Waals surface area contributed by atoms with E-state index in [1.165, 1.54) is 23.8 Å². The third kappa shape index (κ3) is 4.72. The summed E-state index contributed by atoms with van der Waals surface area (Å²) in [7, 11) is 3.13. The molecule has 7 nitrogen and oxygen atoms in total. The number of unbranched alkanes of at least 4 members (excludes halogenated alkanes) is 3. The van der Waals surface area contributed by atoms with Gasteiger partial charge < -0.3 is 14.4 Å². The molecule has 0 bridgehead atoms. The Labute approximate surface area is 233 Å². The minimum atomic E-state index is -0.392. The number of carbonyl (C=O) groups is 2. The van der Waals surface area contributed by atoms with Crippen molar-refractivity contribution in [1.82, 2.24) is 4.90 Å². The van der Waals surface area contributed by atoms with Gasteiger partial charge in [-0.15, -0.1) is 0 Å². The number of ether oxygens (including phenoxy) is 2. The number of amides is 2. The number of carbonyl (C=O) groups excluding carboxylic acids is 2. The maximum absolute atomic E-state index is 14.1. The van der Waals surface area contributed by atoms with E-state index in [1.54, 1.807) is 13.2 Å². The number of rotatable bonds is 9. The Balaban J connectivity index is 1.64. The average Bonchev–Trinajstić information content (AvgIpc) is 3.30. The summed E-state index contributed by atoms with van der Waals surface area (Å²) in [4.78, 5) is 32.5.